The van der Waals surface area contributed by atoms with Crippen molar-refractivity contribution in [3.8, 4) is 0 Å². The average Bonchev–Trinajstić information content (AvgIpc) is 2.83. The van der Waals surface area contributed by atoms with Gasteiger partial charge in [0.05, 0.1) is 10.7 Å². The lowest BCUT2D eigenvalue weighted by molar-refractivity contribution is 0.315. The van der Waals surface area contributed by atoms with E-state index in [2.05, 4.69) is 45.6 Å². The molecule has 20 heavy (non-hydrogen) atoms. The van der Waals surface area contributed by atoms with E-state index in [0.717, 1.165) is 42.6 Å². The van der Waals surface area contributed by atoms with Crippen molar-refractivity contribution in [3.63, 3.8) is 0 Å². The van der Waals surface area contributed by atoms with E-state index in [0.29, 0.717) is 0 Å². The molecule has 5 heteroatoms. The predicted octanol–water partition coefficient (Wildman–Crippen LogP) is 3.30. The van der Waals surface area contributed by atoms with Crippen LogP contribution in [0.4, 0.5) is 5.82 Å². The van der Waals surface area contributed by atoms with Gasteiger partial charge in [0.2, 0.25) is 0 Å². The Hall–Kier alpha value is -1.46. The standard InChI is InChI=1S/C15H22N4S/c1-4-7-16-15-6-5-13(8-17-15)9-19(3)10-14-11-20-12(2)18-14/h5-6,8,11H,4,7,9-10H2,1-3H3,(H,16,17). The number of nitrogens with one attached hydrogen (secondary N) is 1. The Morgan fingerprint density at radius 3 is 2.75 bits per heavy atom. The van der Waals surface area contributed by atoms with Crippen LogP contribution in [0.3, 0.4) is 0 Å². The summed E-state index contributed by atoms with van der Waals surface area (Å²) in [5.74, 6) is 0.952. The van der Waals surface area contributed by atoms with Crippen LogP contribution in [0.2, 0.25) is 0 Å². The molecule has 2 heterocycles. The zero-order chi connectivity index (χ0) is 14.4. The molecule has 1 N–H and O–H groups in total. The van der Waals surface area contributed by atoms with Crippen LogP contribution >= 0.6 is 11.3 Å². The second kappa shape index (κ2) is 7.36. The number of aromatic nitrogens is 2. The number of hydrogen-bond donors (Lipinski definition) is 1. The number of thiazole rings is 1. The van der Waals surface area contributed by atoms with E-state index in [9.17, 15) is 0 Å². The zero-order valence-corrected chi connectivity index (χ0v) is 13.2. The topological polar surface area (TPSA) is 41.0 Å². The van der Waals surface area contributed by atoms with E-state index in [-0.39, 0.29) is 0 Å². The number of pyridine rings is 1. The molecule has 2 rings (SSSR count). The molecule has 0 aliphatic carbocycles. The minimum atomic E-state index is 0.875. The van der Waals surface area contributed by atoms with Gasteiger partial charge in [0.1, 0.15) is 5.82 Å². The van der Waals surface area contributed by atoms with Crippen LogP contribution in [0, 0.1) is 6.92 Å². The summed E-state index contributed by atoms with van der Waals surface area (Å²) < 4.78 is 0. The third-order valence-electron chi connectivity index (χ3n) is 2.93. The Morgan fingerprint density at radius 2 is 2.15 bits per heavy atom. The van der Waals surface area contributed by atoms with Gasteiger partial charge in [-0.3, -0.25) is 4.90 Å². The van der Waals surface area contributed by atoms with E-state index < -0.39 is 0 Å². The van der Waals surface area contributed by atoms with Crippen LogP contribution in [0.1, 0.15) is 29.6 Å². The Morgan fingerprint density at radius 1 is 1.30 bits per heavy atom. The van der Waals surface area contributed by atoms with Crippen molar-refractivity contribution < 1.29 is 0 Å². The smallest absolute Gasteiger partial charge is 0.125 e. The fourth-order valence-corrected chi connectivity index (χ4v) is 2.60. The molecule has 0 atom stereocenters. The minimum absolute atomic E-state index is 0.875. The molecule has 0 fully saturated rings. The summed E-state index contributed by atoms with van der Waals surface area (Å²) in [6, 6.07) is 4.18. The first-order valence-electron chi connectivity index (χ1n) is 6.95. The number of aryl methyl sites for hydroxylation is 1. The largest absolute Gasteiger partial charge is 0.370 e. The molecule has 0 saturated heterocycles. The molecule has 108 valence electrons. The van der Waals surface area contributed by atoms with Crippen molar-refractivity contribution in [2.75, 3.05) is 18.9 Å². The second-order valence-electron chi connectivity index (χ2n) is 5.01. The quantitative estimate of drug-likeness (QED) is 0.849. The van der Waals surface area contributed by atoms with Gasteiger partial charge in [-0.2, -0.15) is 0 Å². The van der Waals surface area contributed by atoms with Crippen LogP contribution in [0.25, 0.3) is 0 Å². The zero-order valence-electron chi connectivity index (χ0n) is 12.4. The molecule has 0 aliphatic heterocycles. The normalized spacial score (nSPS) is 11.0. The molecule has 0 unspecified atom stereocenters. The molecule has 0 aromatic carbocycles. The van der Waals surface area contributed by atoms with Gasteiger partial charge in [0.15, 0.2) is 0 Å². The molecule has 0 saturated carbocycles. The molecule has 2 aromatic rings. The van der Waals surface area contributed by atoms with Gasteiger partial charge < -0.3 is 5.32 Å². The summed E-state index contributed by atoms with van der Waals surface area (Å²) in [6.45, 7) is 6.92. The number of nitrogens with zero attached hydrogens (tertiary/aromatic N) is 3. The van der Waals surface area contributed by atoms with Crippen molar-refractivity contribution in [2.45, 2.75) is 33.4 Å². The molecule has 4 nitrogen and oxygen atoms in total. The van der Waals surface area contributed by atoms with E-state index in [4.69, 9.17) is 0 Å². The van der Waals surface area contributed by atoms with Gasteiger partial charge >= 0.3 is 0 Å². The maximum Gasteiger partial charge on any atom is 0.125 e. The summed E-state index contributed by atoms with van der Waals surface area (Å²) in [4.78, 5) is 11.2. The number of hydrogen-bond acceptors (Lipinski definition) is 5. The molecular weight excluding hydrogens is 268 g/mol. The maximum atomic E-state index is 4.49. The van der Waals surface area contributed by atoms with Crippen LogP contribution in [0.5, 0.6) is 0 Å². The lowest BCUT2D eigenvalue weighted by Gasteiger charge is -2.15. The molecule has 2 aromatic heterocycles. The third-order valence-corrected chi connectivity index (χ3v) is 3.75. The highest BCUT2D eigenvalue weighted by atomic mass is 32.1. The summed E-state index contributed by atoms with van der Waals surface area (Å²) in [7, 11) is 2.11. The highest BCUT2D eigenvalue weighted by molar-refractivity contribution is 7.09. The summed E-state index contributed by atoms with van der Waals surface area (Å²) in [6.07, 6.45) is 3.06. The predicted molar refractivity (Wildman–Crippen MR) is 85.0 cm³/mol. The monoisotopic (exact) mass is 290 g/mol. The van der Waals surface area contributed by atoms with Crippen molar-refractivity contribution in [3.05, 3.63) is 40.0 Å². The van der Waals surface area contributed by atoms with Gasteiger partial charge in [0, 0.05) is 31.2 Å². The van der Waals surface area contributed by atoms with E-state index in [1.165, 1.54) is 5.56 Å². The maximum absolute atomic E-state index is 4.49. The first-order chi connectivity index (χ1) is 9.67. The van der Waals surface area contributed by atoms with Crippen molar-refractivity contribution in [2.24, 2.45) is 0 Å². The fraction of sp³-hybridized carbons (Fsp3) is 0.467. The van der Waals surface area contributed by atoms with E-state index in [1.54, 1.807) is 11.3 Å². The second-order valence-corrected chi connectivity index (χ2v) is 6.07. The summed E-state index contributed by atoms with van der Waals surface area (Å²) in [5.41, 5.74) is 2.37. The Kier molecular flexibility index (Phi) is 5.49. The fourth-order valence-electron chi connectivity index (χ4n) is 2.00. The Balaban J connectivity index is 1.85. The van der Waals surface area contributed by atoms with Crippen LogP contribution < -0.4 is 5.32 Å². The van der Waals surface area contributed by atoms with E-state index in [1.807, 2.05) is 19.2 Å². The Labute approximate surface area is 124 Å². The van der Waals surface area contributed by atoms with E-state index >= 15 is 0 Å². The molecule has 0 aliphatic rings. The lowest BCUT2D eigenvalue weighted by Crippen LogP contribution is -2.17. The van der Waals surface area contributed by atoms with Crippen molar-refractivity contribution >= 4 is 17.2 Å². The number of rotatable bonds is 7. The molecule has 0 bridgehead atoms. The van der Waals surface area contributed by atoms with Crippen LogP contribution in [0.15, 0.2) is 23.7 Å². The SMILES string of the molecule is CCCNc1ccc(CN(C)Cc2csc(C)n2)cn1. The van der Waals surface area contributed by atoms with Crippen molar-refractivity contribution in [1.29, 1.82) is 0 Å². The molecular formula is C15H22N4S. The molecule has 0 amide bonds. The van der Waals surface area contributed by atoms with Gasteiger partial charge in [0.25, 0.3) is 0 Å². The van der Waals surface area contributed by atoms with Crippen LogP contribution in [-0.4, -0.2) is 28.5 Å². The summed E-state index contributed by atoms with van der Waals surface area (Å²) >= 11 is 1.70. The lowest BCUT2D eigenvalue weighted by atomic mass is 10.2. The first-order valence-corrected chi connectivity index (χ1v) is 7.83. The molecule has 0 radical (unpaired) electrons. The van der Waals surface area contributed by atoms with Crippen LogP contribution in [-0.2, 0) is 13.1 Å². The van der Waals surface area contributed by atoms with Crippen molar-refractivity contribution in [1.82, 2.24) is 14.9 Å². The Bertz CT molecular complexity index is 521. The highest BCUT2D eigenvalue weighted by Gasteiger charge is 2.05. The van der Waals surface area contributed by atoms with Gasteiger partial charge in [-0.1, -0.05) is 13.0 Å². The summed E-state index contributed by atoms with van der Waals surface area (Å²) in [5, 5.41) is 6.54. The first kappa shape index (κ1) is 14.9. The van der Waals surface area contributed by atoms with Gasteiger partial charge in [-0.15, -0.1) is 11.3 Å². The van der Waals surface area contributed by atoms with Gasteiger partial charge in [-0.05, 0) is 32.0 Å². The van der Waals surface area contributed by atoms with Gasteiger partial charge in [-0.25, -0.2) is 9.97 Å². The minimum Gasteiger partial charge on any atom is -0.370 e. The third kappa shape index (κ3) is 4.58. The highest BCUT2D eigenvalue weighted by Crippen LogP contribution is 2.12. The average molecular weight is 290 g/mol. The number of anilines is 1. The molecule has 0 spiro atoms.